The van der Waals surface area contributed by atoms with Crippen molar-refractivity contribution in [3.05, 3.63) is 30.3 Å². The zero-order chi connectivity index (χ0) is 11.1. The van der Waals surface area contributed by atoms with E-state index in [2.05, 4.69) is 0 Å². The van der Waals surface area contributed by atoms with E-state index in [0.29, 0.717) is 19.4 Å². The summed E-state index contributed by atoms with van der Waals surface area (Å²) in [5.74, 6) is -0.185. The predicted octanol–water partition coefficient (Wildman–Crippen LogP) is 2.54. The molecule has 3 nitrogen and oxygen atoms in total. The van der Waals surface area contributed by atoms with Crippen LogP contribution in [0.3, 0.4) is 0 Å². The van der Waals surface area contributed by atoms with Crippen LogP contribution in [0, 0.1) is 0 Å². The molecule has 0 aliphatic heterocycles. The van der Waals surface area contributed by atoms with Gasteiger partial charge in [0.05, 0.1) is 6.61 Å². The lowest BCUT2D eigenvalue weighted by molar-refractivity contribution is -0.136. The molecule has 0 spiro atoms. The van der Waals surface area contributed by atoms with Crippen LogP contribution < -0.4 is 4.74 Å². The molecule has 0 saturated heterocycles. The molecule has 0 aliphatic rings. The number of carboxylic acid groups (broad SMARTS) is 1. The second kappa shape index (κ2) is 6.30. The first-order chi connectivity index (χ1) is 7.20. The molecule has 0 aromatic heterocycles. The number of alkyl halides is 1. The number of halogens is 1. The summed E-state index contributed by atoms with van der Waals surface area (Å²) in [6.45, 7) is 0.487. The average molecular weight is 229 g/mol. The fourth-order valence-electron chi connectivity index (χ4n) is 1.09. The first-order valence-corrected chi connectivity index (χ1v) is 5.18. The summed E-state index contributed by atoms with van der Waals surface area (Å²) in [5.41, 5.74) is 0. The third kappa shape index (κ3) is 4.70. The lowest BCUT2D eigenvalue weighted by Crippen LogP contribution is -2.14. The highest BCUT2D eigenvalue weighted by Gasteiger charge is 2.12. The minimum Gasteiger partial charge on any atom is -0.494 e. The van der Waals surface area contributed by atoms with Crippen molar-refractivity contribution >= 4 is 17.6 Å². The van der Waals surface area contributed by atoms with E-state index in [9.17, 15) is 4.79 Å². The molecular weight excluding hydrogens is 216 g/mol. The van der Waals surface area contributed by atoms with Crippen molar-refractivity contribution in [1.29, 1.82) is 0 Å². The Morgan fingerprint density at radius 1 is 1.40 bits per heavy atom. The summed E-state index contributed by atoms with van der Waals surface area (Å²) in [6, 6.07) is 9.39. The lowest BCUT2D eigenvalue weighted by Gasteiger charge is -2.06. The fraction of sp³-hybridized carbons (Fsp3) is 0.364. The maximum Gasteiger partial charge on any atom is 0.321 e. The van der Waals surface area contributed by atoms with Crippen LogP contribution >= 0.6 is 11.6 Å². The second-order valence-corrected chi connectivity index (χ2v) is 3.64. The van der Waals surface area contributed by atoms with E-state index in [4.69, 9.17) is 21.4 Å². The van der Waals surface area contributed by atoms with Crippen molar-refractivity contribution < 1.29 is 14.6 Å². The Hall–Kier alpha value is -1.22. The number of ether oxygens (including phenoxy) is 1. The zero-order valence-corrected chi connectivity index (χ0v) is 8.98. The monoisotopic (exact) mass is 228 g/mol. The number of aliphatic carboxylic acids is 1. The molecule has 0 aliphatic carbocycles. The van der Waals surface area contributed by atoms with E-state index in [1.165, 1.54) is 0 Å². The number of hydrogen-bond acceptors (Lipinski definition) is 2. The van der Waals surface area contributed by atoms with Gasteiger partial charge in [-0.1, -0.05) is 18.2 Å². The Kier molecular flexibility index (Phi) is 4.98. The van der Waals surface area contributed by atoms with Crippen LogP contribution in [0.5, 0.6) is 5.75 Å². The van der Waals surface area contributed by atoms with Crippen molar-refractivity contribution in [2.24, 2.45) is 0 Å². The van der Waals surface area contributed by atoms with Gasteiger partial charge in [-0.05, 0) is 25.0 Å². The molecule has 1 aromatic rings. The molecule has 1 rings (SSSR count). The number of benzene rings is 1. The van der Waals surface area contributed by atoms with Gasteiger partial charge in [-0.3, -0.25) is 4.79 Å². The topological polar surface area (TPSA) is 46.5 Å². The van der Waals surface area contributed by atoms with Gasteiger partial charge in [0.15, 0.2) is 0 Å². The predicted molar refractivity (Wildman–Crippen MR) is 58.4 cm³/mol. The minimum absolute atomic E-state index is 0.420. The highest BCUT2D eigenvalue weighted by molar-refractivity contribution is 6.29. The van der Waals surface area contributed by atoms with Crippen molar-refractivity contribution in [2.75, 3.05) is 6.61 Å². The first kappa shape index (κ1) is 11.9. The molecule has 1 aromatic carbocycles. The van der Waals surface area contributed by atoms with E-state index >= 15 is 0 Å². The van der Waals surface area contributed by atoms with Gasteiger partial charge < -0.3 is 9.84 Å². The van der Waals surface area contributed by atoms with Gasteiger partial charge in [0.2, 0.25) is 0 Å². The number of carboxylic acids is 1. The molecule has 0 radical (unpaired) electrons. The Morgan fingerprint density at radius 2 is 2.07 bits per heavy atom. The molecule has 0 bridgehead atoms. The average Bonchev–Trinajstić information content (AvgIpc) is 2.25. The molecule has 82 valence electrons. The van der Waals surface area contributed by atoms with Crippen molar-refractivity contribution in [3.63, 3.8) is 0 Å². The van der Waals surface area contributed by atoms with Crippen LogP contribution in [-0.4, -0.2) is 23.1 Å². The normalized spacial score (nSPS) is 12.1. The Morgan fingerprint density at radius 3 is 2.67 bits per heavy atom. The highest BCUT2D eigenvalue weighted by atomic mass is 35.5. The van der Waals surface area contributed by atoms with E-state index in [0.717, 1.165) is 5.75 Å². The van der Waals surface area contributed by atoms with E-state index in [1.54, 1.807) is 0 Å². The Balaban J connectivity index is 2.15. The maximum absolute atomic E-state index is 10.4. The van der Waals surface area contributed by atoms with Crippen LogP contribution in [0.15, 0.2) is 30.3 Å². The number of hydrogen-bond donors (Lipinski definition) is 1. The molecule has 0 heterocycles. The molecule has 1 unspecified atom stereocenters. The molecule has 4 heteroatoms. The van der Waals surface area contributed by atoms with Crippen LogP contribution in [0.1, 0.15) is 12.8 Å². The van der Waals surface area contributed by atoms with Crippen LogP contribution in [0.4, 0.5) is 0 Å². The smallest absolute Gasteiger partial charge is 0.321 e. The standard InChI is InChI=1S/C11H13ClO3/c12-10(11(13)14)7-4-8-15-9-5-2-1-3-6-9/h1-3,5-6,10H,4,7-8H2,(H,13,14). The Bertz CT molecular complexity index is 300. The summed E-state index contributed by atoms with van der Waals surface area (Å²) in [7, 11) is 0. The van der Waals surface area contributed by atoms with Crippen molar-refractivity contribution in [2.45, 2.75) is 18.2 Å². The van der Waals surface area contributed by atoms with Crippen LogP contribution in [0.2, 0.25) is 0 Å². The molecule has 1 atom stereocenters. The van der Waals surface area contributed by atoms with Gasteiger partial charge >= 0.3 is 5.97 Å². The lowest BCUT2D eigenvalue weighted by atomic mass is 10.2. The largest absolute Gasteiger partial charge is 0.494 e. The van der Waals surface area contributed by atoms with Crippen molar-refractivity contribution in [1.82, 2.24) is 0 Å². The summed E-state index contributed by atoms with van der Waals surface area (Å²) in [5, 5.41) is 7.71. The SMILES string of the molecule is O=C(O)C(Cl)CCCOc1ccccc1. The number of carbonyl (C=O) groups is 1. The van der Waals surface area contributed by atoms with E-state index in [-0.39, 0.29) is 0 Å². The van der Waals surface area contributed by atoms with E-state index < -0.39 is 11.3 Å². The minimum atomic E-state index is -0.976. The first-order valence-electron chi connectivity index (χ1n) is 4.75. The molecule has 15 heavy (non-hydrogen) atoms. The molecule has 0 fully saturated rings. The zero-order valence-electron chi connectivity index (χ0n) is 8.23. The summed E-state index contributed by atoms with van der Waals surface area (Å²) in [6.07, 6.45) is 1.05. The van der Waals surface area contributed by atoms with Gasteiger partial charge in [0.25, 0.3) is 0 Å². The Labute approximate surface area is 93.6 Å². The summed E-state index contributed by atoms with van der Waals surface area (Å²) in [4.78, 5) is 10.4. The molecule has 0 amide bonds. The number of para-hydroxylation sites is 1. The van der Waals surface area contributed by atoms with Gasteiger partial charge in [0.1, 0.15) is 11.1 Å². The van der Waals surface area contributed by atoms with E-state index in [1.807, 2.05) is 30.3 Å². The van der Waals surface area contributed by atoms with Crippen molar-refractivity contribution in [3.8, 4) is 5.75 Å². The highest BCUT2D eigenvalue weighted by Crippen LogP contribution is 2.10. The molecule has 0 saturated carbocycles. The number of rotatable bonds is 6. The maximum atomic E-state index is 10.4. The van der Waals surface area contributed by atoms with Crippen LogP contribution in [-0.2, 0) is 4.79 Å². The van der Waals surface area contributed by atoms with Gasteiger partial charge in [0, 0.05) is 0 Å². The molecule has 1 N–H and O–H groups in total. The third-order valence-electron chi connectivity index (χ3n) is 1.88. The quantitative estimate of drug-likeness (QED) is 0.601. The van der Waals surface area contributed by atoms with Crippen LogP contribution in [0.25, 0.3) is 0 Å². The third-order valence-corrected chi connectivity index (χ3v) is 2.29. The van der Waals surface area contributed by atoms with Gasteiger partial charge in [-0.2, -0.15) is 0 Å². The fourth-order valence-corrected chi connectivity index (χ4v) is 1.25. The molecular formula is C11H13ClO3. The summed E-state index contributed by atoms with van der Waals surface area (Å²) < 4.78 is 5.38. The van der Waals surface area contributed by atoms with Gasteiger partial charge in [-0.15, -0.1) is 11.6 Å². The second-order valence-electron chi connectivity index (χ2n) is 3.11. The van der Waals surface area contributed by atoms with Gasteiger partial charge in [-0.25, -0.2) is 0 Å². The summed E-state index contributed by atoms with van der Waals surface area (Å²) >= 11 is 5.54.